The van der Waals surface area contributed by atoms with Crippen molar-refractivity contribution in [1.29, 1.82) is 0 Å². The fraction of sp³-hybridized carbons (Fsp3) is 0.192. The first-order valence-electron chi connectivity index (χ1n) is 10.3. The minimum atomic E-state index is -0.560. The first-order chi connectivity index (χ1) is 16.1. The molecule has 0 unspecified atom stereocenters. The van der Waals surface area contributed by atoms with E-state index in [0.717, 1.165) is 11.1 Å². The van der Waals surface area contributed by atoms with Gasteiger partial charge in [0.2, 0.25) is 0 Å². The van der Waals surface area contributed by atoms with Crippen LogP contribution in [0, 0.1) is 0 Å². The molecule has 0 aromatic heterocycles. The summed E-state index contributed by atoms with van der Waals surface area (Å²) in [7, 11) is 2.76. The summed E-state index contributed by atoms with van der Waals surface area (Å²) in [5.74, 6) is 0.463. The summed E-state index contributed by atoms with van der Waals surface area (Å²) in [6, 6.07) is 23.9. The van der Waals surface area contributed by atoms with Gasteiger partial charge in [0.15, 0.2) is 5.78 Å². The Hall–Kier alpha value is -4.13. The molecule has 7 nitrogen and oxygen atoms in total. The molecule has 0 aliphatic heterocycles. The number of hydrogen-bond acceptors (Lipinski definition) is 7. The van der Waals surface area contributed by atoms with Crippen molar-refractivity contribution in [2.24, 2.45) is 5.16 Å². The molecule has 0 fully saturated rings. The van der Waals surface area contributed by atoms with Crippen molar-refractivity contribution in [2.75, 3.05) is 20.8 Å². The lowest BCUT2D eigenvalue weighted by atomic mass is 10.1. The lowest BCUT2D eigenvalue weighted by molar-refractivity contribution is -0.139. The van der Waals surface area contributed by atoms with Crippen molar-refractivity contribution in [1.82, 2.24) is 0 Å². The topological polar surface area (TPSA) is 83.4 Å². The zero-order valence-electron chi connectivity index (χ0n) is 18.5. The zero-order chi connectivity index (χ0) is 23.5. The molecule has 0 radical (unpaired) electrons. The van der Waals surface area contributed by atoms with Gasteiger partial charge in [-0.25, -0.2) is 0 Å². The van der Waals surface area contributed by atoms with Crippen LogP contribution in [0.25, 0.3) is 0 Å². The van der Waals surface area contributed by atoms with Crippen LogP contribution in [0.4, 0.5) is 0 Å². The van der Waals surface area contributed by atoms with Crippen LogP contribution in [-0.4, -0.2) is 38.3 Å². The van der Waals surface area contributed by atoms with Gasteiger partial charge >= 0.3 is 5.97 Å². The van der Waals surface area contributed by atoms with E-state index in [1.165, 1.54) is 14.2 Å². The van der Waals surface area contributed by atoms with E-state index in [4.69, 9.17) is 14.3 Å². The average Bonchev–Trinajstić information content (AvgIpc) is 2.86. The van der Waals surface area contributed by atoms with Gasteiger partial charge in [-0.2, -0.15) is 0 Å². The molecule has 0 heterocycles. The van der Waals surface area contributed by atoms with Crippen LogP contribution in [0.1, 0.15) is 27.9 Å². The van der Waals surface area contributed by atoms with Crippen LogP contribution in [0.15, 0.2) is 84.0 Å². The second-order valence-corrected chi connectivity index (χ2v) is 7.01. The van der Waals surface area contributed by atoms with Crippen LogP contribution in [0.3, 0.4) is 0 Å². The summed E-state index contributed by atoms with van der Waals surface area (Å²) in [5, 5.41) is 4.05. The summed E-state index contributed by atoms with van der Waals surface area (Å²) >= 11 is 0. The van der Waals surface area contributed by atoms with Gasteiger partial charge in [0.05, 0.1) is 7.11 Å². The predicted octanol–water partition coefficient (Wildman–Crippen LogP) is 4.44. The molecule has 0 aliphatic carbocycles. The zero-order valence-corrected chi connectivity index (χ0v) is 18.5. The Bertz CT molecular complexity index is 1080. The number of benzene rings is 3. The van der Waals surface area contributed by atoms with E-state index in [1.807, 2.05) is 54.6 Å². The lowest BCUT2D eigenvalue weighted by Gasteiger charge is -2.10. The van der Waals surface area contributed by atoms with Crippen molar-refractivity contribution in [3.05, 3.63) is 95.6 Å². The molecule has 3 aromatic carbocycles. The molecule has 0 atom stereocenters. The lowest BCUT2D eigenvalue weighted by Crippen LogP contribution is -2.13. The normalized spacial score (nSPS) is 10.9. The van der Waals surface area contributed by atoms with Crippen LogP contribution in [0.5, 0.6) is 11.5 Å². The highest BCUT2D eigenvalue weighted by molar-refractivity contribution is 6.06. The highest BCUT2D eigenvalue weighted by atomic mass is 16.6. The number of carbonyl (C=O) groups excluding carboxylic acids is 2. The summed E-state index contributed by atoms with van der Waals surface area (Å²) < 4.78 is 16.1. The molecule has 0 amide bonds. The average molecular weight is 447 g/mol. The van der Waals surface area contributed by atoms with Gasteiger partial charge in [-0.3, -0.25) is 9.59 Å². The Morgan fingerprint density at radius 1 is 0.758 bits per heavy atom. The summed E-state index contributed by atoms with van der Waals surface area (Å²) in [4.78, 5) is 28.1. The number of methoxy groups -OCH3 is 1. The molecule has 3 rings (SSSR count). The number of rotatable bonds is 11. The molecular weight excluding hydrogens is 422 g/mol. The molecule has 33 heavy (non-hydrogen) atoms. The molecule has 0 bridgehead atoms. The molecule has 170 valence electrons. The minimum absolute atomic E-state index is 0.273. The van der Waals surface area contributed by atoms with Crippen molar-refractivity contribution in [3.63, 3.8) is 0 Å². The van der Waals surface area contributed by atoms with Gasteiger partial charge in [0.1, 0.15) is 44.0 Å². The van der Waals surface area contributed by atoms with Crippen LogP contribution < -0.4 is 9.47 Å². The van der Waals surface area contributed by atoms with Crippen LogP contribution in [0.2, 0.25) is 0 Å². The molecule has 0 saturated heterocycles. The van der Waals surface area contributed by atoms with E-state index in [0.29, 0.717) is 29.4 Å². The van der Waals surface area contributed by atoms with Gasteiger partial charge in [0, 0.05) is 11.1 Å². The Morgan fingerprint density at radius 3 is 2.03 bits per heavy atom. The maximum atomic E-state index is 12.0. The number of ether oxygens (including phenoxy) is 3. The minimum Gasteiger partial charge on any atom is -0.489 e. The maximum Gasteiger partial charge on any atom is 0.313 e. The quantitative estimate of drug-likeness (QED) is 0.142. The van der Waals surface area contributed by atoms with Gasteiger partial charge in [-0.15, -0.1) is 0 Å². The number of esters is 1. The van der Waals surface area contributed by atoms with Crippen molar-refractivity contribution in [3.8, 4) is 11.5 Å². The molecular formula is C26H25NO6. The number of oxime groups is 1. The third-order valence-corrected chi connectivity index (χ3v) is 4.72. The molecule has 3 aromatic rings. The molecule has 0 spiro atoms. The van der Waals surface area contributed by atoms with Gasteiger partial charge in [0.25, 0.3) is 0 Å². The first-order valence-corrected chi connectivity index (χ1v) is 10.3. The van der Waals surface area contributed by atoms with E-state index >= 15 is 0 Å². The first kappa shape index (κ1) is 23.5. The van der Waals surface area contributed by atoms with Crippen LogP contribution >= 0.6 is 0 Å². The van der Waals surface area contributed by atoms with Crippen molar-refractivity contribution >= 4 is 17.5 Å². The molecule has 7 heteroatoms. The second-order valence-electron chi connectivity index (χ2n) is 7.01. The highest BCUT2D eigenvalue weighted by Crippen LogP contribution is 2.18. The third-order valence-electron chi connectivity index (χ3n) is 4.72. The Balaban J connectivity index is 1.51. The van der Waals surface area contributed by atoms with E-state index in [-0.39, 0.29) is 18.8 Å². The van der Waals surface area contributed by atoms with Gasteiger partial charge in [-0.05, 0) is 42.0 Å². The Kier molecular flexibility index (Phi) is 8.59. The monoisotopic (exact) mass is 447 g/mol. The maximum absolute atomic E-state index is 12.0. The Labute approximate surface area is 192 Å². The summed E-state index contributed by atoms with van der Waals surface area (Å²) in [6.07, 6.45) is -0.282. The fourth-order valence-corrected chi connectivity index (χ4v) is 2.95. The number of carbonyl (C=O) groups is 2. The summed E-state index contributed by atoms with van der Waals surface area (Å²) in [6.45, 7) is 0.630. The highest BCUT2D eigenvalue weighted by Gasteiger charge is 2.12. The largest absolute Gasteiger partial charge is 0.489 e. The predicted molar refractivity (Wildman–Crippen MR) is 124 cm³/mol. The number of hydrogen-bond donors (Lipinski definition) is 0. The van der Waals surface area contributed by atoms with Crippen LogP contribution in [-0.2, 0) is 21.0 Å². The molecule has 0 N–H and O–H groups in total. The second kappa shape index (κ2) is 12.0. The molecule has 0 saturated carbocycles. The SMILES string of the molecule is CO/N=C(/COc1ccc(COc2ccc(C(=O)CC(=O)OC)cc2)cc1)c1ccccc1. The van der Waals surface area contributed by atoms with Gasteiger partial charge < -0.3 is 19.0 Å². The number of Topliss-reactive ketones (excluding diaryl/α,β-unsaturated/α-hetero) is 1. The van der Waals surface area contributed by atoms with E-state index < -0.39 is 5.97 Å². The van der Waals surface area contributed by atoms with Gasteiger partial charge in [-0.1, -0.05) is 47.6 Å². The summed E-state index contributed by atoms with van der Waals surface area (Å²) in [5.41, 5.74) is 3.02. The van der Waals surface area contributed by atoms with E-state index in [9.17, 15) is 9.59 Å². The fourth-order valence-electron chi connectivity index (χ4n) is 2.95. The smallest absolute Gasteiger partial charge is 0.313 e. The van der Waals surface area contributed by atoms with Crippen molar-refractivity contribution < 1.29 is 28.6 Å². The number of ketones is 1. The number of nitrogens with zero attached hydrogens (tertiary/aromatic N) is 1. The molecule has 0 aliphatic rings. The van der Waals surface area contributed by atoms with Crippen molar-refractivity contribution in [2.45, 2.75) is 13.0 Å². The van der Waals surface area contributed by atoms with E-state index in [2.05, 4.69) is 9.89 Å². The third kappa shape index (κ3) is 7.21. The van der Waals surface area contributed by atoms with E-state index in [1.54, 1.807) is 24.3 Å². The standard InChI is InChI=1S/C26H25NO6/c1-30-26(29)16-25(28)21-10-14-23(15-11-21)32-17-19-8-12-22(13-9-19)33-18-24(27-31-2)20-6-4-3-5-7-20/h3-15H,16-18H2,1-2H3/b27-24-. The Morgan fingerprint density at radius 2 is 1.39 bits per heavy atom.